The highest BCUT2D eigenvalue weighted by Gasteiger charge is 2.49. The van der Waals surface area contributed by atoms with Crippen molar-refractivity contribution < 1.29 is 27.8 Å². The molecule has 0 saturated heterocycles. The van der Waals surface area contributed by atoms with Crippen LogP contribution < -0.4 is 10.2 Å². The second kappa shape index (κ2) is 10.8. The number of halogens is 3. The van der Waals surface area contributed by atoms with Gasteiger partial charge in [0.1, 0.15) is 16.7 Å². The van der Waals surface area contributed by atoms with Gasteiger partial charge in [0, 0.05) is 35.9 Å². The van der Waals surface area contributed by atoms with E-state index in [1.54, 1.807) is 54.7 Å². The van der Waals surface area contributed by atoms with Crippen molar-refractivity contribution in [3.8, 4) is 0 Å². The highest BCUT2D eigenvalue weighted by molar-refractivity contribution is 7.09. The molecule has 2 amide bonds. The molecular weight excluding hydrogens is 564 g/mol. The van der Waals surface area contributed by atoms with Crippen molar-refractivity contribution in [2.45, 2.75) is 96.9 Å². The molecular formula is C27H34ClF2N5O4S. The molecule has 3 heterocycles. The Morgan fingerprint density at radius 1 is 1.20 bits per heavy atom. The average Bonchev–Trinajstić information content (AvgIpc) is 3.47. The number of hydrogen-bond acceptors (Lipinski definition) is 7. The molecule has 9 nitrogen and oxygen atoms in total. The van der Waals surface area contributed by atoms with Crippen LogP contribution in [0.2, 0.25) is 5.28 Å². The standard InChI is InChI=1S/C27H34ClF2N5O4S/c1-15-18(17-11-27(29,30)12-19(17)31-23(36)38-25(2,3)4)14-35-20(15)21(32-22(28)33-35)34(13-16-9-8-10-40-16)24(37)39-26(5,6)7/h8-10,14,17,19H,11-13H2,1-7H3,(H,31,36)/t17-,19+/m1/s1. The first-order valence-electron chi connectivity index (χ1n) is 12.9. The summed E-state index contributed by atoms with van der Waals surface area (Å²) < 4.78 is 41.9. The predicted molar refractivity (Wildman–Crippen MR) is 150 cm³/mol. The van der Waals surface area contributed by atoms with Crippen LogP contribution in [0, 0.1) is 6.92 Å². The highest BCUT2D eigenvalue weighted by atomic mass is 35.5. The van der Waals surface area contributed by atoms with Crippen molar-refractivity contribution >= 4 is 46.5 Å². The van der Waals surface area contributed by atoms with Crippen LogP contribution in [0.1, 0.15) is 76.3 Å². The average molecular weight is 598 g/mol. The Bertz CT molecular complexity index is 1400. The number of carbonyl (C=O) groups is 2. The van der Waals surface area contributed by atoms with Gasteiger partial charge in [-0.1, -0.05) is 6.07 Å². The van der Waals surface area contributed by atoms with Gasteiger partial charge in [0.15, 0.2) is 5.82 Å². The quantitative estimate of drug-likeness (QED) is 0.337. The smallest absolute Gasteiger partial charge is 0.416 e. The van der Waals surface area contributed by atoms with Crippen LogP contribution in [-0.4, -0.2) is 50.0 Å². The fourth-order valence-corrected chi connectivity index (χ4v) is 5.67. The third kappa shape index (κ3) is 7.01. The first kappa shape index (κ1) is 30.0. The van der Waals surface area contributed by atoms with E-state index in [2.05, 4.69) is 15.4 Å². The first-order chi connectivity index (χ1) is 18.4. The first-order valence-corrected chi connectivity index (χ1v) is 14.1. The van der Waals surface area contributed by atoms with Crippen LogP contribution in [0.5, 0.6) is 0 Å². The van der Waals surface area contributed by atoms with Crippen LogP contribution in [0.3, 0.4) is 0 Å². The normalized spacial score (nSPS) is 19.1. The zero-order valence-corrected chi connectivity index (χ0v) is 25.1. The number of nitrogens with one attached hydrogen (secondary N) is 1. The Kier molecular flexibility index (Phi) is 8.07. The molecule has 2 atom stereocenters. The molecule has 1 aliphatic rings. The van der Waals surface area contributed by atoms with Crippen molar-refractivity contribution in [1.82, 2.24) is 19.9 Å². The molecule has 1 saturated carbocycles. The van der Waals surface area contributed by atoms with Gasteiger partial charge in [-0.25, -0.2) is 22.9 Å². The minimum atomic E-state index is -3.00. The number of hydrogen-bond donors (Lipinski definition) is 1. The maximum Gasteiger partial charge on any atom is 0.416 e. The van der Waals surface area contributed by atoms with E-state index in [0.717, 1.165) is 4.88 Å². The molecule has 3 aromatic heterocycles. The van der Waals surface area contributed by atoms with Gasteiger partial charge in [0.2, 0.25) is 5.28 Å². The van der Waals surface area contributed by atoms with Crippen molar-refractivity contribution in [3.05, 3.63) is 45.0 Å². The molecule has 0 spiro atoms. The Hall–Kier alpha value is -2.99. The number of rotatable bonds is 5. The number of aromatic nitrogens is 3. The number of anilines is 1. The third-order valence-corrected chi connectivity index (χ3v) is 7.29. The zero-order chi connectivity index (χ0) is 29.6. The van der Waals surface area contributed by atoms with Crippen LogP contribution >= 0.6 is 22.9 Å². The lowest BCUT2D eigenvalue weighted by Crippen LogP contribution is -2.40. The Morgan fingerprint density at radius 3 is 2.48 bits per heavy atom. The maximum absolute atomic E-state index is 14.7. The molecule has 0 aliphatic heterocycles. The fraction of sp³-hybridized carbons (Fsp3) is 0.556. The maximum atomic E-state index is 14.7. The van der Waals surface area contributed by atoms with E-state index in [1.165, 1.54) is 20.8 Å². The molecule has 3 aromatic rings. The summed E-state index contributed by atoms with van der Waals surface area (Å²) in [4.78, 5) is 32.6. The van der Waals surface area contributed by atoms with E-state index in [4.69, 9.17) is 21.1 Å². The van der Waals surface area contributed by atoms with E-state index >= 15 is 0 Å². The lowest BCUT2D eigenvalue weighted by atomic mass is 9.93. The molecule has 40 heavy (non-hydrogen) atoms. The van der Waals surface area contributed by atoms with Crippen molar-refractivity contribution in [2.75, 3.05) is 4.90 Å². The van der Waals surface area contributed by atoms with E-state index in [0.29, 0.717) is 16.6 Å². The summed E-state index contributed by atoms with van der Waals surface area (Å²) in [7, 11) is 0. The van der Waals surface area contributed by atoms with Crippen molar-refractivity contribution in [2.24, 2.45) is 0 Å². The summed E-state index contributed by atoms with van der Waals surface area (Å²) in [6.07, 6.45) is -0.818. The molecule has 4 rings (SSSR count). The van der Waals surface area contributed by atoms with E-state index in [9.17, 15) is 18.4 Å². The van der Waals surface area contributed by atoms with Crippen LogP contribution in [-0.2, 0) is 16.0 Å². The summed E-state index contributed by atoms with van der Waals surface area (Å²) >= 11 is 7.76. The number of alkyl carbamates (subject to hydrolysis) is 1. The molecule has 13 heteroatoms. The van der Waals surface area contributed by atoms with Gasteiger partial charge in [-0.3, -0.25) is 4.90 Å². The van der Waals surface area contributed by atoms with Crippen molar-refractivity contribution in [3.63, 3.8) is 0 Å². The number of amides is 2. The zero-order valence-electron chi connectivity index (χ0n) is 23.5. The lowest BCUT2D eigenvalue weighted by molar-refractivity contribution is 0.00510. The Morgan fingerprint density at radius 2 is 1.88 bits per heavy atom. The number of aryl methyl sites for hydroxylation is 1. The predicted octanol–water partition coefficient (Wildman–Crippen LogP) is 7.10. The van der Waals surface area contributed by atoms with Gasteiger partial charge in [0.25, 0.3) is 5.92 Å². The van der Waals surface area contributed by atoms with Gasteiger partial charge in [-0.15, -0.1) is 16.4 Å². The van der Waals surface area contributed by atoms with E-state index in [1.807, 2.05) is 17.5 Å². The van der Waals surface area contributed by atoms with Gasteiger partial charge in [-0.05, 0) is 82.6 Å². The van der Waals surface area contributed by atoms with Gasteiger partial charge in [-0.2, -0.15) is 4.98 Å². The van der Waals surface area contributed by atoms with Gasteiger partial charge < -0.3 is 14.8 Å². The van der Waals surface area contributed by atoms with E-state index < -0.39 is 54.1 Å². The van der Waals surface area contributed by atoms with Crippen molar-refractivity contribution in [1.29, 1.82) is 0 Å². The lowest BCUT2D eigenvalue weighted by Gasteiger charge is -2.27. The number of alkyl halides is 2. The molecule has 1 aliphatic carbocycles. The molecule has 0 aromatic carbocycles. The summed E-state index contributed by atoms with van der Waals surface area (Å²) in [6, 6.07) is 2.86. The summed E-state index contributed by atoms with van der Waals surface area (Å²) in [5.41, 5.74) is -0.0126. The molecule has 1 N–H and O–H groups in total. The number of thiophene rings is 1. The Labute approximate surface area is 240 Å². The number of carbonyl (C=O) groups excluding carboxylic acids is 2. The summed E-state index contributed by atoms with van der Waals surface area (Å²) in [5, 5.41) is 8.66. The second-order valence-electron chi connectivity index (χ2n) is 12.0. The molecule has 0 unspecified atom stereocenters. The number of ether oxygens (including phenoxy) is 2. The van der Waals surface area contributed by atoms with Gasteiger partial charge >= 0.3 is 12.2 Å². The third-order valence-electron chi connectivity index (χ3n) is 6.27. The molecule has 0 bridgehead atoms. The van der Waals surface area contributed by atoms with E-state index in [-0.39, 0.29) is 17.6 Å². The number of fused-ring (bicyclic) bond motifs is 1. The largest absolute Gasteiger partial charge is 0.444 e. The highest BCUT2D eigenvalue weighted by Crippen LogP contribution is 2.47. The monoisotopic (exact) mass is 597 g/mol. The summed E-state index contributed by atoms with van der Waals surface area (Å²) in [6.45, 7) is 12.3. The topological polar surface area (TPSA) is 98.1 Å². The second-order valence-corrected chi connectivity index (χ2v) is 13.3. The minimum absolute atomic E-state index is 0.135. The van der Waals surface area contributed by atoms with Crippen LogP contribution in [0.4, 0.5) is 24.2 Å². The van der Waals surface area contributed by atoms with Crippen LogP contribution in [0.15, 0.2) is 23.7 Å². The Balaban J connectivity index is 1.79. The summed E-state index contributed by atoms with van der Waals surface area (Å²) in [5.74, 6) is -3.56. The molecule has 1 fully saturated rings. The number of nitrogens with zero attached hydrogens (tertiary/aromatic N) is 4. The van der Waals surface area contributed by atoms with Crippen LogP contribution in [0.25, 0.3) is 5.52 Å². The minimum Gasteiger partial charge on any atom is -0.444 e. The molecule has 0 radical (unpaired) electrons. The SMILES string of the molecule is Cc1c([C@H]2CC(F)(F)C[C@@H]2NC(=O)OC(C)(C)C)cn2nc(Cl)nc(N(Cc3cccs3)C(=O)OC(C)(C)C)c12. The molecule has 218 valence electrons. The fourth-order valence-electron chi connectivity index (χ4n) is 4.81. The van der Waals surface area contributed by atoms with Gasteiger partial charge in [0.05, 0.1) is 6.54 Å².